The van der Waals surface area contributed by atoms with Crippen LogP contribution in [0.1, 0.15) is 15.9 Å². The largest absolute Gasteiger partial charge is 0.288 e. The van der Waals surface area contributed by atoms with Gasteiger partial charge in [0.05, 0.1) is 10.5 Å². The summed E-state index contributed by atoms with van der Waals surface area (Å²) in [6.45, 7) is 0. The molecule has 20 heavy (non-hydrogen) atoms. The van der Waals surface area contributed by atoms with Gasteiger partial charge in [0.25, 0.3) is 0 Å². The molecule has 0 heterocycles. The highest BCUT2D eigenvalue weighted by Crippen LogP contribution is 2.17. The molecule has 0 amide bonds. The van der Waals surface area contributed by atoms with E-state index in [-0.39, 0.29) is 16.0 Å². The SMILES string of the molecule is CS(=O)(=O)c1ccc(C(=O)c2ccc(F)cc2F)cc1. The number of carbonyl (C=O) groups is 1. The van der Waals surface area contributed by atoms with Crippen molar-refractivity contribution < 1.29 is 22.0 Å². The van der Waals surface area contributed by atoms with E-state index in [4.69, 9.17) is 0 Å². The number of benzene rings is 2. The van der Waals surface area contributed by atoms with E-state index in [0.29, 0.717) is 6.07 Å². The number of rotatable bonds is 3. The van der Waals surface area contributed by atoms with Gasteiger partial charge in [-0.2, -0.15) is 0 Å². The summed E-state index contributed by atoms with van der Waals surface area (Å²) in [5, 5.41) is 0. The number of carbonyl (C=O) groups excluding carboxylic acids is 1. The summed E-state index contributed by atoms with van der Waals surface area (Å²) in [6, 6.07) is 7.79. The van der Waals surface area contributed by atoms with E-state index in [1.165, 1.54) is 24.3 Å². The molecule has 0 atom stereocenters. The number of hydrogen-bond acceptors (Lipinski definition) is 3. The van der Waals surface area contributed by atoms with Crippen LogP contribution in [-0.2, 0) is 9.84 Å². The van der Waals surface area contributed by atoms with E-state index in [0.717, 1.165) is 18.4 Å². The van der Waals surface area contributed by atoms with Gasteiger partial charge in [0.15, 0.2) is 15.6 Å². The molecule has 2 aromatic carbocycles. The lowest BCUT2D eigenvalue weighted by Crippen LogP contribution is -2.05. The van der Waals surface area contributed by atoms with Gasteiger partial charge in [0, 0.05) is 17.9 Å². The standard InChI is InChI=1S/C14H10F2O3S/c1-20(18,19)11-5-2-9(3-6-11)14(17)12-7-4-10(15)8-13(12)16/h2-8H,1H3. The predicted octanol–water partition coefficient (Wildman–Crippen LogP) is 2.60. The first kappa shape index (κ1) is 14.3. The molecule has 0 saturated heterocycles. The summed E-state index contributed by atoms with van der Waals surface area (Å²) in [5.41, 5.74) is -0.138. The normalized spacial score (nSPS) is 11.3. The zero-order valence-electron chi connectivity index (χ0n) is 10.4. The summed E-state index contributed by atoms with van der Waals surface area (Å²) in [4.78, 5) is 12.1. The molecule has 0 radical (unpaired) electrons. The second-order valence-corrected chi connectivity index (χ2v) is 6.27. The Morgan fingerprint density at radius 3 is 2.10 bits per heavy atom. The molecule has 0 aliphatic rings. The third kappa shape index (κ3) is 2.91. The lowest BCUT2D eigenvalue weighted by atomic mass is 10.0. The first-order chi connectivity index (χ1) is 9.29. The highest BCUT2D eigenvalue weighted by atomic mass is 32.2. The first-order valence-electron chi connectivity index (χ1n) is 5.59. The van der Waals surface area contributed by atoms with Crippen molar-refractivity contribution in [3.05, 3.63) is 65.2 Å². The molecule has 0 aliphatic carbocycles. The van der Waals surface area contributed by atoms with Gasteiger partial charge in [-0.25, -0.2) is 17.2 Å². The van der Waals surface area contributed by atoms with Crippen LogP contribution in [0.3, 0.4) is 0 Å². The zero-order valence-corrected chi connectivity index (χ0v) is 11.2. The Kier molecular flexibility index (Phi) is 3.67. The molecular formula is C14H10F2O3S. The molecular weight excluding hydrogens is 286 g/mol. The zero-order chi connectivity index (χ0) is 14.9. The minimum absolute atomic E-state index is 0.0635. The molecule has 0 spiro atoms. The lowest BCUT2D eigenvalue weighted by molar-refractivity contribution is 0.103. The molecule has 0 bridgehead atoms. The summed E-state index contributed by atoms with van der Waals surface area (Å²) in [5.74, 6) is -2.36. The third-order valence-corrected chi connectivity index (χ3v) is 3.85. The van der Waals surface area contributed by atoms with Crippen molar-refractivity contribution in [1.82, 2.24) is 0 Å². The number of sulfone groups is 1. The summed E-state index contributed by atoms with van der Waals surface area (Å²) in [6.07, 6.45) is 1.05. The maximum atomic E-state index is 13.5. The van der Waals surface area contributed by atoms with Crippen molar-refractivity contribution in [2.75, 3.05) is 6.26 Å². The van der Waals surface area contributed by atoms with Crippen LogP contribution in [0.2, 0.25) is 0 Å². The molecule has 3 nitrogen and oxygen atoms in total. The van der Waals surface area contributed by atoms with Gasteiger partial charge in [0.2, 0.25) is 0 Å². The third-order valence-electron chi connectivity index (χ3n) is 2.72. The van der Waals surface area contributed by atoms with Crippen LogP contribution in [0.4, 0.5) is 8.78 Å². The van der Waals surface area contributed by atoms with Crippen LogP contribution in [0.25, 0.3) is 0 Å². The second-order valence-electron chi connectivity index (χ2n) is 4.25. The molecule has 0 fully saturated rings. The number of ketones is 1. The van der Waals surface area contributed by atoms with E-state index < -0.39 is 27.3 Å². The van der Waals surface area contributed by atoms with Crippen molar-refractivity contribution in [3.63, 3.8) is 0 Å². The molecule has 6 heteroatoms. The highest BCUT2D eigenvalue weighted by Gasteiger charge is 2.15. The molecule has 0 saturated carbocycles. The minimum Gasteiger partial charge on any atom is -0.288 e. The minimum atomic E-state index is -3.36. The quantitative estimate of drug-likeness (QED) is 0.818. The van der Waals surface area contributed by atoms with E-state index in [1.54, 1.807) is 0 Å². The summed E-state index contributed by atoms with van der Waals surface area (Å²) in [7, 11) is -3.36. The van der Waals surface area contributed by atoms with Crippen molar-refractivity contribution >= 4 is 15.6 Å². The molecule has 2 rings (SSSR count). The molecule has 0 unspecified atom stereocenters. The van der Waals surface area contributed by atoms with E-state index >= 15 is 0 Å². The van der Waals surface area contributed by atoms with Crippen LogP contribution in [0.15, 0.2) is 47.4 Å². The maximum absolute atomic E-state index is 13.5. The molecule has 104 valence electrons. The average molecular weight is 296 g/mol. The van der Waals surface area contributed by atoms with E-state index in [1.807, 2.05) is 0 Å². The number of halogens is 2. The Morgan fingerprint density at radius 2 is 1.60 bits per heavy atom. The fourth-order valence-electron chi connectivity index (χ4n) is 1.68. The van der Waals surface area contributed by atoms with Gasteiger partial charge in [0.1, 0.15) is 11.6 Å². The van der Waals surface area contributed by atoms with Crippen LogP contribution in [0, 0.1) is 11.6 Å². The molecule has 0 aliphatic heterocycles. The molecule has 0 N–H and O–H groups in total. The van der Waals surface area contributed by atoms with Gasteiger partial charge in [-0.3, -0.25) is 4.79 Å². The van der Waals surface area contributed by atoms with Crippen molar-refractivity contribution in [2.45, 2.75) is 4.90 Å². The van der Waals surface area contributed by atoms with Gasteiger partial charge in [-0.15, -0.1) is 0 Å². The lowest BCUT2D eigenvalue weighted by Gasteiger charge is -2.04. The highest BCUT2D eigenvalue weighted by molar-refractivity contribution is 7.90. The summed E-state index contributed by atoms with van der Waals surface area (Å²) >= 11 is 0. The van der Waals surface area contributed by atoms with Gasteiger partial charge in [-0.05, 0) is 36.4 Å². The molecule has 2 aromatic rings. The smallest absolute Gasteiger partial charge is 0.195 e. The maximum Gasteiger partial charge on any atom is 0.195 e. The Morgan fingerprint density at radius 1 is 1.00 bits per heavy atom. The van der Waals surface area contributed by atoms with E-state index in [9.17, 15) is 22.0 Å². The van der Waals surface area contributed by atoms with Crippen LogP contribution in [-0.4, -0.2) is 20.5 Å². The van der Waals surface area contributed by atoms with Crippen LogP contribution in [0.5, 0.6) is 0 Å². The Labute approximate surface area is 114 Å². The van der Waals surface area contributed by atoms with Crippen LogP contribution >= 0.6 is 0 Å². The van der Waals surface area contributed by atoms with Gasteiger partial charge < -0.3 is 0 Å². The number of hydrogen-bond donors (Lipinski definition) is 0. The predicted molar refractivity (Wildman–Crippen MR) is 69.3 cm³/mol. The summed E-state index contributed by atoms with van der Waals surface area (Å²) < 4.78 is 48.9. The fourth-order valence-corrected chi connectivity index (χ4v) is 2.31. The Hall–Kier alpha value is -2.08. The first-order valence-corrected chi connectivity index (χ1v) is 7.48. The van der Waals surface area contributed by atoms with Crippen molar-refractivity contribution in [2.24, 2.45) is 0 Å². The fraction of sp³-hybridized carbons (Fsp3) is 0.0714. The topological polar surface area (TPSA) is 51.2 Å². The van der Waals surface area contributed by atoms with Crippen molar-refractivity contribution in [3.8, 4) is 0 Å². The monoisotopic (exact) mass is 296 g/mol. The van der Waals surface area contributed by atoms with Gasteiger partial charge in [-0.1, -0.05) is 0 Å². The Bertz CT molecular complexity index is 766. The van der Waals surface area contributed by atoms with Crippen LogP contribution < -0.4 is 0 Å². The average Bonchev–Trinajstić information content (AvgIpc) is 2.37. The molecule has 0 aromatic heterocycles. The van der Waals surface area contributed by atoms with Crippen molar-refractivity contribution in [1.29, 1.82) is 0 Å². The second kappa shape index (κ2) is 5.13. The Balaban J connectivity index is 2.39. The van der Waals surface area contributed by atoms with Gasteiger partial charge >= 0.3 is 0 Å². The van der Waals surface area contributed by atoms with E-state index in [2.05, 4.69) is 0 Å².